The smallest absolute Gasteiger partial charge is 0.337 e. The molecule has 1 atom stereocenters. The third-order valence-electron chi connectivity index (χ3n) is 4.29. The van der Waals surface area contributed by atoms with Gasteiger partial charge in [0.25, 0.3) is 0 Å². The fourth-order valence-electron chi connectivity index (χ4n) is 3.20. The molecule has 0 amide bonds. The maximum Gasteiger partial charge on any atom is 0.337 e. The van der Waals surface area contributed by atoms with Gasteiger partial charge < -0.3 is 14.8 Å². The van der Waals surface area contributed by atoms with E-state index in [-0.39, 0.29) is 30.1 Å². The molecule has 0 radical (unpaired) electrons. The topological polar surface area (TPSA) is 127 Å². The van der Waals surface area contributed by atoms with Crippen molar-refractivity contribution in [3.8, 4) is 6.07 Å². The second-order valence-corrected chi connectivity index (χ2v) is 5.92. The Kier molecular flexibility index (Phi) is 5.40. The molecule has 1 aliphatic heterocycles. The molecule has 28 heavy (non-hydrogen) atoms. The molecular weight excluding hydrogens is 364 g/mol. The Morgan fingerprint density at radius 2 is 1.86 bits per heavy atom. The highest BCUT2D eigenvalue weighted by Gasteiger charge is 2.40. The van der Waals surface area contributed by atoms with Crippen molar-refractivity contribution in [2.45, 2.75) is 26.7 Å². The number of fused-ring (bicyclic) bond motifs is 1. The molecule has 0 spiro atoms. The van der Waals surface area contributed by atoms with Crippen molar-refractivity contribution in [2.24, 2.45) is 0 Å². The van der Waals surface area contributed by atoms with Crippen LogP contribution in [0.3, 0.4) is 0 Å². The summed E-state index contributed by atoms with van der Waals surface area (Å²) in [6.07, 6.45) is 0. The van der Waals surface area contributed by atoms with Crippen molar-refractivity contribution in [3.05, 3.63) is 46.3 Å². The number of carbonyl (C=O) groups excluding carboxylic acids is 2. The van der Waals surface area contributed by atoms with Crippen LogP contribution in [-0.2, 0) is 19.1 Å². The van der Waals surface area contributed by atoms with E-state index in [4.69, 9.17) is 14.1 Å². The zero-order valence-electron chi connectivity index (χ0n) is 15.6. The summed E-state index contributed by atoms with van der Waals surface area (Å²) >= 11 is 0. The third-order valence-corrected chi connectivity index (χ3v) is 4.29. The molecule has 1 N–H and O–H groups in total. The number of esters is 2. The number of allylic oxidation sites excluding steroid dienone is 2. The fourth-order valence-corrected chi connectivity index (χ4v) is 3.20. The number of benzene rings is 1. The first kappa shape index (κ1) is 19.1. The maximum atomic E-state index is 12.8. The summed E-state index contributed by atoms with van der Waals surface area (Å²) in [5.41, 5.74) is 1.93. The maximum absolute atomic E-state index is 12.8. The lowest BCUT2D eigenvalue weighted by Crippen LogP contribution is -2.33. The summed E-state index contributed by atoms with van der Waals surface area (Å²) < 4.78 is 15.2. The Labute approximate surface area is 160 Å². The van der Waals surface area contributed by atoms with Gasteiger partial charge in [-0.1, -0.05) is 12.1 Å². The average molecular weight is 382 g/mol. The summed E-state index contributed by atoms with van der Waals surface area (Å²) in [6.45, 7) is 5.25. The number of nitrogens with zero attached hydrogens (tertiary/aromatic N) is 3. The zero-order chi connectivity index (χ0) is 20.3. The Morgan fingerprint density at radius 3 is 2.50 bits per heavy atom. The second-order valence-electron chi connectivity index (χ2n) is 5.92. The molecule has 144 valence electrons. The van der Waals surface area contributed by atoms with Crippen LogP contribution in [0.25, 0.3) is 11.0 Å². The number of aromatic nitrogens is 2. The highest BCUT2D eigenvalue weighted by Crippen LogP contribution is 2.41. The molecule has 0 aliphatic carbocycles. The fraction of sp³-hybridized carbons (Fsp3) is 0.316. The summed E-state index contributed by atoms with van der Waals surface area (Å²) in [7, 11) is 0. The summed E-state index contributed by atoms with van der Waals surface area (Å²) in [6, 6.07) is 7.07. The number of dihydropyridines is 1. The number of carbonyl (C=O) groups is 2. The molecule has 0 fully saturated rings. The number of ether oxygens (including phenoxy) is 2. The molecule has 1 aliphatic rings. The third kappa shape index (κ3) is 3.20. The molecule has 2 heterocycles. The van der Waals surface area contributed by atoms with E-state index in [9.17, 15) is 14.9 Å². The van der Waals surface area contributed by atoms with Gasteiger partial charge in [0.15, 0.2) is 0 Å². The SMILES string of the molecule is CCOC(=O)C1=C(C)NC(C#N)=C(C(=O)OCC)C1c1cccc2nonc12. The lowest BCUT2D eigenvalue weighted by molar-refractivity contribution is -0.139. The predicted molar refractivity (Wildman–Crippen MR) is 96.3 cm³/mol. The minimum Gasteiger partial charge on any atom is -0.463 e. The second kappa shape index (κ2) is 7.92. The lowest BCUT2D eigenvalue weighted by Gasteiger charge is -2.29. The molecule has 0 bridgehead atoms. The van der Waals surface area contributed by atoms with Crippen molar-refractivity contribution >= 4 is 23.0 Å². The van der Waals surface area contributed by atoms with Crippen LogP contribution >= 0.6 is 0 Å². The van der Waals surface area contributed by atoms with Crippen LogP contribution in [-0.4, -0.2) is 35.5 Å². The van der Waals surface area contributed by atoms with Crippen LogP contribution in [0.1, 0.15) is 32.3 Å². The number of nitriles is 1. The molecule has 1 aromatic heterocycles. The van der Waals surface area contributed by atoms with Crippen molar-refractivity contribution in [3.63, 3.8) is 0 Å². The van der Waals surface area contributed by atoms with Crippen molar-refractivity contribution in [1.29, 1.82) is 5.26 Å². The molecule has 9 nitrogen and oxygen atoms in total. The number of nitrogens with one attached hydrogen (secondary N) is 1. The summed E-state index contributed by atoms with van der Waals surface area (Å²) in [5.74, 6) is -2.24. The molecule has 2 aromatic rings. The van der Waals surface area contributed by atoms with Crippen molar-refractivity contribution in [2.75, 3.05) is 13.2 Å². The number of rotatable bonds is 5. The molecule has 0 saturated heterocycles. The normalized spacial score (nSPS) is 16.6. The van der Waals surface area contributed by atoms with E-state index < -0.39 is 17.9 Å². The van der Waals surface area contributed by atoms with Crippen LogP contribution in [0.15, 0.2) is 45.4 Å². The van der Waals surface area contributed by atoms with Crippen molar-refractivity contribution < 1.29 is 23.7 Å². The number of hydrogen-bond acceptors (Lipinski definition) is 9. The lowest BCUT2D eigenvalue weighted by atomic mass is 9.80. The van der Waals surface area contributed by atoms with E-state index >= 15 is 0 Å². The molecular formula is C19H18N4O5. The number of hydrogen-bond donors (Lipinski definition) is 1. The highest BCUT2D eigenvalue weighted by molar-refractivity contribution is 6.01. The van der Waals surface area contributed by atoms with Crippen molar-refractivity contribution in [1.82, 2.24) is 15.6 Å². The highest BCUT2D eigenvalue weighted by atomic mass is 16.6. The minimum absolute atomic E-state index is 0.00227. The molecule has 3 rings (SSSR count). The van der Waals surface area contributed by atoms with E-state index in [2.05, 4.69) is 15.6 Å². The van der Waals surface area contributed by atoms with Crippen LogP contribution in [0.5, 0.6) is 0 Å². The van der Waals surface area contributed by atoms with Gasteiger partial charge in [0.2, 0.25) is 0 Å². The van der Waals surface area contributed by atoms with Crippen LogP contribution in [0.2, 0.25) is 0 Å². The monoisotopic (exact) mass is 382 g/mol. The van der Waals surface area contributed by atoms with Gasteiger partial charge in [-0.15, -0.1) is 0 Å². The van der Waals surface area contributed by atoms with Gasteiger partial charge in [0.05, 0.1) is 30.3 Å². The Hall–Kier alpha value is -3.67. The molecule has 1 aromatic carbocycles. The van der Waals surface area contributed by atoms with Gasteiger partial charge in [0, 0.05) is 5.70 Å². The van der Waals surface area contributed by atoms with Crippen LogP contribution < -0.4 is 5.32 Å². The van der Waals surface area contributed by atoms with E-state index in [1.165, 1.54) is 0 Å². The standard InChI is InChI=1S/C19H18N4O5/c1-4-26-18(24)14-10(3)21-13(9-20)16(19(25)27-5-2)15(14)11-7-6-8-12-17(11)23-28-22-12/h6-8,15,21H,4-5H2,1-3H3. The van der Waals surface area contributed by atoms with Gasteiger partial charge in [-0.05, 0) is 42.7 Å². The van der Waals surface area contributed by atoms with E-state index in [0.717, 1.165) is 0 Å². The van der Waals surface area contributed by atoms with Gasteiger partial charge in [-0.3, -0.25) is 0 Å². The summed E-state index contributed by atoms with van der Waals surface area (Å²) in [4.78, 5) is 25.5. The predicted octanol–water partition coefficient (Wildman–Crippen LogP) is 2.09. The van der Waals surface area contributed by atoms with Crippen LogP contribution in [0.4, 0.5) is 0 Å². The largest absolute Gasteiger partial charge is 0.463 e. The van der Waals surface area contributed by atoms with E-state index in [0.29, 0.717) is 22.3 Å². The van der Waals surface area contributed by atoms with Gasteiger partial charge in [-0.25, -0.2) is 14.2 Å². The molecule has 1 unspecified atom stereocenters. The van der Waals surface area contributed by atoms with E-state index in [1.54, 1.807) is 39.0 Å². The minimum atomic E-state index is -0.926. The summed E-state index contributed by atoms with van der Waals surface area (Å²) in [5, 5.41) is 20.1. The van der Waals surface area contributed by atoms with Gasteiger partial charge >= 0.3 is 11.9 Å². The van der Waals surface area contributed by atoms with Gasteiger partial charge in [0.1, 0.15) is 22.8 Å². The quantitative estimate of drug-likeness (QED) is 0.773. The zero-order valence-corrected chi connectivity index (χ0v) is 15.6. The van der Waals surface area contributed by atoms with Crippen LogP contribution in [0, 0.1) is 11.3 Å². The first-order valence-corrected chi connectivity index (χ1v) is 8.70. The Balaban J connectivity index is 2.30. The first-order chi connectivity index (χ1) is 13.5. The Bertz CT molecular complexity index is 1040. The van der Waals surface area contributed by atoms with E-state index in [1.807, 2.05) is 6.07 Å². The van der Waals surface area contributed by atoms with Gasteiger partial charge in [-0.2, -0.15) is 5.26 Å². The average Bonchev–Trinajstić information content (AvgIpc) is 3.16. The molecule has 0 saturated carbocycles. The first-order valence-electron chi connectivity index (χ1n) is 8.70. The molecule has 9 heteroatoms. The Morgan fingerprint density at radius 1 is 1.18 bits per heavy atom.